The zero-order valence-electron chi connectivity index (χ0n) is 8.75. The lowest BCUT2D eigenvalue weighted by Gasteiger charge is -2.05. The number of fused-ring (bicyclic) bond motifs is 1. The van der Waals surface area contributed by atoms with Gasteiger partial charge in [-0.1, -0.05) is 6.07 Å². The highest BCUT2D eigenvalue weighted by Gasteiger charge is 2.13. The van der Waals surface area contributed by atoms with Gasteiger partial charge in [0.15, 0.2) is 5.01 Å². The van der Waals surface area contributed by atoms with Gasteiger partial charge in [0.05, 0.1) is 10.2 Å². The molecule has 0 spiro atoms. The summed E-state index contributed by atoms with van der Waals surface area (Å²) in [6, 6.07) is 6.46. The molecule has 0 aliphatic heterocycles. The number of nitrogens with zero attached hydrogens (tertiary/aromatic N) is 2. The number of thiazole rings is 1. The second-order valence-corrected chi connectivity index (χ2v) is 4.61. The van der Waals surface area contributed by atoms with E-state index in [1.807, 2.05) is 12.1 Å². The second kappa shape index (κ2) is 4.49. The molecule has 0 saturated carbocycles. The van der Waals surface area contributed by atoms with Crippen molar-refractivity contribution in [3.63, 3.8) is 0 Å². The standard InChI is InChI=1S/C11H9N3O2S/c12-5-10-14-8-2-1-6(4-9(8)17-10)3-7(13)11(15)16/h1-2,4,7H,3,13H2,(H,15,16)/t7-/m0/s1. The highest BCUT2D eigenvalue weighted by atomic mass is 32.1. The summed E-state index contributed by atoms with van der Waals surface area (Å²) in [6.45, 7) is 0. The number of carbonyl (C=O) groups is 1. The number of rotatable bonds is 3. The molecular formula is C11H9N3O2S. The zero-order valence-corrected chi connectivity index (χ0v) is 9.57. The molecule has 1 heterocycles. The summed E-state index contributed by atoms with van der Waals surface area (Å²) < 4.78 is 0.872. The van der Waals surface area contributed by atoms with Crippen molar-refractivity contribution in [1.82, 2.24) is 4.98 Å². The van der Waals surface area contributed by atoms with E-state index in [0.29, 0.717) is 5.01 Å². The SMILES string of the molecule is N#Cc1nc2ccc(C[C@H](N)C(=O)O)cc2s1. The molecule has 0 fully saturated rings. The van der Waals surface area contributed by atoms with Crippen molar-refractivity contribution in [3.05, 3.63) is 28.8 Å². The van der Waals surface area contributed by atoms with Crippen LogP contribution in [0.3, 0.4) is 0 Å². The molecule has 0 bridgehead atoms. The molecule has 3 N–H and O–H groups in total. The van der Waals surface area contributed by atoms with E-state index >= 15 is 0 Å². The van der Waals surface area contributed by atoms with Gasteiger partial charge in [0.25, 0.3) is 0 Å². The van der Waals surface area contributed by atoms with Crippen molar-refractivity contribution in [3.8, 4) is 6.07 Å². The molecule has 2 rings (SSSR count). The normalized spacial score (nSPS) is 12.2. The number of carboxylic acid groups (broad SMARTS) is 1. The van der Waals surface area contributed by atoms with Gasteiger partial charge in [0.1, 0.15) is 12.1 Å². The summed E-state index contributed by atoms with van der Waals surface area (Å²) in [4.78, 5) is 14.7. The van der Waals surface area contributed by atoms with Crippen LogP contribution in [0.1, 0.15) is 10.6 Å². The summed E-state index contributed by atoms with van der Waals surface area (Å²) in [5, 5.41) is 17.8. The van der Waals surface area contributed by atoms with Gasteiger partial charge in [-0.25, -0.2) is 4.98 Å². The summed E-state index contributed by atoms with van der Waals surface area (Å²) >= 11 is 1.29. The Kier molecular flexibility index (Phi) is 3.04. The molecule has 1 aromatic carbocycles. The molecule has 0 unspecified atom stereocenters. The molecule has 0 aliphatic carbocycles. The van der Waals surface area contributed by atoms with E-state index in [1.165, 1.54) is 11.3 Å². The molecular weight excluding hydrogens is 238 g/mol. The van der Waals surface area contributed by atoms with Crippen LogP contribution in [0.4, 0.5) is 0 Å². The van der Waals surface area contributed by atoms with Gasteiger partial charge in [-0.2, -0.15) is 5.26 Å². The van der Waals surface area contributed by atoms with Crippen LogP contribution in [0.5, 0.6) is 0 Å². The third-order valence-electron chi connectivity index (χ3n) is 2.32. The molecule has 0 aliphatic rings. The molecule has 0 saturated heterocycles. The highest BCUT2D eigenvalue weighted by Crippen LogP contribution is 2.23. The predicted octanol–water partition coefficient (Wildman–Crippen LogP) is 1.12. The zero-order chi connectivity index (χ0) is 12.4. The molecule has 17 heavy (non-hydrogen) atoms. The van der Waals surface area contributed by atoms with E-state index in [9.17, 15) is 4.79 Å². The monoisotopic (exact) mass is 247 g/mol. The first-order valence-corrected chi connectivity index (χ1v) is 5.70. The smallest absolute Gasteiger partial charge is 0.320 e. The van der Waals surface area contributed by atoms with Crippen LogP contribution in [0.25, 0.3) is 10.2 Å². The van der Waals surface area contributed by atoms with Crippen LogP contribution in [0, 0.1) is 11.3 Å². The van der Waals surface area contributed by atoms with Crippen molar-refractivity contribution >= 4 is 27.5 Å². The maximum Gasteiger partial charge on any atom is 0.320 e. The fourth-order valence-corrected chi connectivity index (χ4v) is 2.31. The van der Waals surface area contributed by atoms with Gasteiger partial charge in [0.2, 0.25) is 0 Å². The lowest BCUT2D eigenvalue weighted by atomic mass is 10.1. The Labute approximate surface area is 101 Å². The molecule has 2 aromatic rings. The second-order valence-electron chi connectivity index (χ2n) is 3.58. The quantitative estimate of drug-likeness (QED) is 0.846. The van der Waals surface area contributed by atoms with Gasteiger partial charge in [-0.05, 0) is 24.1 Å². The van der Waals surface area contributed by atoms with E-state index in [0.717, 1.165) is 15.8 Å². The van der Waals surface area contributed by atoms with Gasteiger partial charge < -0.3 is 10.8 Å². The fourth-order valence-electron chi connectivity index (χ4n) is 1.49. The van der Waals surface area contributed by atoms with Crippen LogP contribution < -0.4 is 5.73 Å². The van der Waals surface area contributed by atoms with E-state index in [1.54, 1.807) is 12.1 Å². The van der Waals surface area contributed by atoms with Crippen molar-refractivity contribution < 1.29 is 9.90 Å². The number of aromatic nitrogens is 1. The Morgan fingerprint density at radius 3 is 3.06 bits per heavy atom. The number of carboxylic acids is 1. The number of aliphatic carboxylic acids is 1. The van der Waals surface area contributed by atoms with Crippen LogP contribution in [0.15, 0.2) is 18.2 Å². The van der Waals surface area contributed by atoms with Crippen LogP contribution in [0.2, 0.25) is 0 Å². The Morgan fingerprint density at radius 2 is 2.41 bits per heavy atom. The molecule has 5 nitrogen and oxygen atoms in total. The molecule has 6 heteroatoms. The van der Waals surface area contributed by atoms with Crippen LogP contribution in [-0.2, 0) is 11.2 Å². The number of nitriles is 1. The summed E-state index contributed by atoms with van der Waals surface area (Å²) in [5.74, 6) is -1.02. The van der Waals surface area contributed by atoms with E-state index in [2.05, 4.69) is 4.98 Å². The minimum atomic E-state index is -1.02. The van der Waals surface area contributed by atoms with Crippen molar-refractivity contribution in [2.24, 2.45) is 5.73 Å². The fraction of sp³-hybridized carbons (Fsp3) is 0.182. The first-order chi connectivity index (χ1) is 8.10. The van der Waals surface area contributed by atoms with Gasteiger partial charge in [-0.3, -0.25) is 4.79 Å². The Bertz CT molecular complexity index is 615. The van der Waals surface area contributed by atoms with Crippen molar-refractivity contribution in [2.45, 2.75) is 12.5 Å². The third kappa shape index (κ3) is 2.41. The minimum Gasteiger partial charge on any atom is -0.480 e. The van der Waals surface area contributed by atoms with Gasteiger partial charge >= 0.3 is 5.97 Å². The summed E-state index contributed by atoms with van der Waals surface area (Å²) in [6.07, 6.45) is 0.269. The average Bonchev–Trinajstić information content (AvgIpc) is 2.70. The molecule has 0 radical (unpaired) electrons. The Balaban J connectivity index is 2.31. The molecule has 1 aromatic heterocycles. The maximum absolute atomic E-state index is 10.6. The van der Waals surface area contributed by atoms with Crippen molar-refractivity contribution in [1.29, 1.82) is 5.26 Å². The van der Waals surface area contributed by atoms with E-state index < -0.39 is 12.0 Å². The Morgan fingerprint density at radius 1 is 1.65 bits per heavy atom. The predicted molar refractivity (Wildman–Crippen MR) is 63.7 cm³/mol. The lowest BCUT2D eigenvalue weighted by molar-refractivity contribution is -0.138. The maximum atomic E-state index is 10.6. The van der Waals surface area contributed by atoms with Gasteiger partial charge in [0, 0.05) is 0 Å². The molecule has 1 atom stereocenters. The number of hydrogen-bond acceptors (Lipinski definition) is 5. The summed E-state index contributed by atoms with van der Waals surface area (Å²) in [5.41, 5.74) is 7.04. The van der Waals surface area contributed by atoms with Crippen molar-refractivity contribution in [2.75, 3.05) is 0 Å². The number of benzene rings is 1. The highest BCUT2D eigenvalue weighted by molar-refractivity contribution is 7.19. The van der Waals surface area contributed by atoms with E-state index in [4.69, 9.17) is 16.1 Å². The number of hydrogen-bond donors (Lipinski definition) is 2. The third-order valence-corrected chi connectivity index (χ3v) is 3.24. The van der Waals surface area contributed by atoms with E-state index in [-0.39, 0.29) is 6.42 Å². The number of nitrogens with two attached hydrogens (primary N) is 1. The topological polar surface area (TPSA) is 100 Å². The molecule has 0 amide bonds. The summed E-state index contributed by atoms with van der Waals surface area (Å²) in [7, 11) is 0. The average molecular weight is 247 g/mol. The first kappa shape index (κ1) is 11.5. The van der Waals surface area contributed by atoms with Gasteiger partial charge in [-0.15, -0.1) is 11.3 Å². The first-order valence-electron chi connectivity index (χ1n) is 4.88. The largest absolute Gasteiger partial charge is 0.480 e. The lowest BCUT2D eigenvalue weighted by Crippen LogP contribution is -2.32. The minimum absolute atomic E-state index is 0.269. The Hall–Kier alpha value is -1.97. The van der Waals surface area contributed by atoms with Crippen LogP contribution in [-0.4, -0.2) is 22.1 Å². The molecule has 86 valence electrons. The van der Waals surface area contributed by atoms with Crippen LogP contribution >= 0.6 is 11.3 Å².